The number of halogens is 1. The van der Waals surface area contributed by atoms with Crippen molar-refractivity contribution < 1.29 is 4.74 Å². The minimum Gasteiger partial charge on any atom is -0.375 e. The number of methoxy groups -OCH3 is 1. The number of aliphatic imine (C=N–C) groups is 1. The van der Waals surface area contributed by atoms with Crippen LogP contribution in [0.1, 0.15) is 31.9 Å². The number of nitrogens with one attached hydrogen (secondary N) is 2. The fourth-order valence-electron chi connectivity index (χ4n) is 1.74. The van der Waals surface area contributed by atoms with Gasteiger partial charge in [-0.15, -0.1) is 24.0 Å². The second-order valence-corrected chi connectivity index (χ2v) is 4.28. The molecule has 0 saturated heterocycles. The molecular formula is C15H26IN3O. The van der Waals surface area contributed by atoms with Crippen molar-refractivity contribution in [1.82, 2.24) is 10.6 Å². The molecular weight excluding hydrogens is 365 g/mol. The van der Waals surface area contributed by atoms with Crippen LogP contribution >= 0.6 is 24.0 Å². The average Bonchev–Trinajstić information content (AvgIpc) is 2.46. The van der Waals surface area contributed by atoms with Crippen molar-refractivity contribution in [3.8, 4) is 0 Å². The van der Waals surface area contributed by atoms with E-state index < -0.39 is 0 Å². The molecule has 0 fully saturated rings. The van der Waals surface area contributed by atoms with Gasteiger partial charge in [-0.1, -0.05) is 37.3 Å². The van der Waals surface area contributed by atoms with Crippen molar-refractivity contribution in [1.29, 1.82) is 0 Å². The van der Waals surface area contributed by atoms with E-state index in [1.54, 1.807) is 7.11 Å². The van der Waals surface area contributed by atoms with Gasteiger partial charge >= 0.3 is 0 Å². The number of hydrogen-bond donors (Lipinski definition) is 2. The van der Waals surface area contributed by atoms with Gasteiger partial charge in [-0.3, -0.25) is 4.99 Å². The molecule has 1 aromatic rings. The summed E-state index contributed by atoms with van der Waals surface area (Å²) >= 11 is 0. The summed E-state index contributed by atoms with van der Waals surface area (Å²) in [5.74, 6) is 0.849. The highest BCUT2D eigenvalue weighted by atomic mass is 127. The number of guanidine groups is 1. The zero-order valence-electron chi connectivity index (χ0n) is 12.6. The molecule has 114 valence electrons. The number of ether oxygens (including phenoxy) is 1. The summed E-state index contributed by atoms with van der Waals surface area (Å²) in [6.07, 6.45) is 1.08. The molecule has 0 radical (unpaired) electrons. The fourth-order valence-corrected chi connectivity index (χ4v) is 1.74. The van der Waals surface area contributed by atoms with Gasteiger partial charge < -0.3 is 15.4 Å². The van der Waals surface area contributed by atoms with E-state index in [9.17, 15) is 0 Å². The molecule has 0 heterocycles. The predicted molar refractivity (Wildman–Crippen MR) is 95.9 cm³/mol. The van der Waals surface area contributed by atoms with Crippen LogP contribution in [0.2, 0.25) is 0 Å². The molecule has 5 heteroatoms. The quantitative estimate of drug-likeness (QED) is 0.427. The Hall–Kier alpha value is -0.820. The number of hydrogen-bond acceptors (Lipinski definition) is 2. The van der Waals surface area contributed by atoms with E-state index in [-0.39, 0.29) is 30.1 Å². The minimum atomic E-state index is -0.00159. The Morgan fingerprint density at radius 3 is 2.45 bits per heavy atom. The third-order valence-corrected chi connectivity index (χ3v) is 2.76. The molecule has 0 bridgehead atoms. The van der Waals surface area contributed by atoms with E-state index in [2.05, 4.69) is 41.6 Å². The summed E-state index contributed by atoms with van der Waals surface area (Å²) in [7, 11) is 1.72. The molecule has 2 N–H and O–H groups in total. The summed E-state index contributed by atoms with van der Waals surface area (Å²) in [6.45, 7) is 6.60. The van der Waals surface area contributed by atoms with Gasteiger partial charge in [0.25, 0.3) is 0 Å². The van der Waals surface area contributed by atoms with E-state index in [1.807, 2.05) is 18.2 Å². The minimum absolute atomic E-state index is 0. The van der Waals surface area contributed by atoms with Gasteiger partial charge in [0, 0.05) is 20.2 Å². The smallest absolute Gasteiger partial charge is 0.191 e. The number of benzene rings is 1. The van der Waals surface area contributed by atoms with Gasteiger partial charge in [0.1, 0.15) is 6.10 Å². The topological polar surface area (TPSA) is 45.7 Å². The van der Waals surface area contributed by atoms with E-state index >= 15 is 0 Å². The van der Waals surface area contributed by atoms with Crippen LogP contribution < -0.4 is 10.6 Å². The van der Waals surface area contributed by atoms with E-state index in [4.69, 9.17) is 4.74 Å². The normalized spacial score (nSPS) is 12.4. The van der Waals surface area contributed by atoms with Crippen LogP contribution in [0.15, 0.2) is 35.3 Å². The molecule has 1 atom stereocenters. The van der Waals surface area contributed by atoms with Crippen LogP contribution in [0.3, 0.4) is 0 Å². The van der Waals surface area contributed by atoms with Crippen LogP contribution in [-0.2, 0) is 4.74 Å². The first-order valence-electron chi connectivity index (χ1n) is 6.91. The maximum absolute atomic E-state index is 5.51. The molecule has 0 aliphatic carbocycles. The van der Waals surface area contributed by atoms with Crippen molar-refractivity contribution in [2.24, 2.45) is 4.99 Å². The van der Waals surface area contributed by atoms with Crippen molar-refractivity contribution in [3.05, 3.63) is 35.9 Å². The largest absolute Gasteiger partial charge is 0.375 e. The predicted octanol–water partition coefficient (Wildman–Crippen LogP) is 2.96. The van der Waals surface area contributed by atoms with Crippen LogP contribution in [0, 0.1) is 0 Å². The Kier molecular flexibility index (Phi) is 11.5. The van der Waals surface area contributed by atoms with Crippen molar-refractivity contribution >= 4 is 29.9 Å². The van der Waals surface area contributed by atoms with Gasteiger partial charge in [-0.25, -0.2) is 0 Å². The van der Waals surface area contributed by atoms with Crippen LogP contribution in [0.5, 0.6) is 0 Å². The number of rotatable bonds is 7. The Labute approximate surface area is 139 Å². The Balaban J connectivity index is 0.00000361. The molecule has 0 amide bonds. The maximum Gasteiger partial charge on any atom is 0.191 e. The molecule has 1 unspecified atom stereocenters. The molecule has 4 nitrogen and oxygen atoms in total. The zero-order valence-corrected chi connectivity index (χ0v) is 14.9. The summed E-state index contributed by atoms with van der Waals surface area (Å²) in [5, 5.41) is 6.52. The van der Waals surface area contributed by atoms with Crippen molar-refractivity contribution in [2.75, 3.05) is 26.7 Å². The lowest BCUT2D eigenvalue weighted by molar-refractivity contribution is 0.111. The highest BCUT2D eigenvalue weighted by Gasteiger charge is 2.09. The second kappa shape index (κ2) is 12.0. The standard InChI is InChI=1S/C15H25N3O.HI/c1-4-11-17-15(16-5-2)18-12-14(19-3)13-9-7-6-8-10-13;/h6-10,14H,4-5,11-12H2,1-3H3,(H2,16,17,18);1H. The first-order chi connectivity index (χ1) is 9.31. The lowest BCUT2D eigenvalue weighted by Gasteiger charge is -2.15. The number of nitrogens with zero attached hydrogens (tertiary/aromatic N) is 1. The van der Waals surface area contributed by atoms with Crippen molar-refractivity contribution in [2.45, 2.75) is 26.4 Å². The van der Waals surface area contributed by atoms with Gasteiger partial charge in [0.05, 0.1) is 6.54 Å². The third-order valence-electron chi connectivity index (χ3n) is 2.76. The highest BCUT2D eigenvalue weighted by Crippen LogP contribution is 2.16. The summed E-state index contributed by atoms with van der Waals surface area (Å²) in [5.41, 5.74) is 1.15. The molecule has 1 aromatic carbocycles. The average molecular weight is 391 g/mol. The summed E-state index contributed by atoms with van der Waals surface area (Å²) in [4.78, 5) is 4.57. The van der Waals surface area contributed by atoms with Gasteiger partial charge in [-0.2, -0.15) is 0 Å². The molecule has 0 aliphatic rings. The summed E-state index contributed by atoms with van der Waals surface area (Å²) in [6, 6.07) is 10.2. The van der Waals surface area contributed by atoms with Crippen LogP contribution in [-0.4, -0.2) is 32.7 Å². The van der Waals surface area contributed by atoms with Gasteiger partial charge in [0.15, 0.2) is 5.96 Å². The first-order valence-corrected chi connectivity index (χ1v) is 6.91. The molecule has 0 aromatic heterocycles. The van der Waals surface area contributed by atoms with Crippen LogP contribution in [0.4, 0.5) is 0 Å². The fraction of sp³-hybridized carbons (Fsp3) is 0.533. The summed E-state index contributed by atoms with van der Waals surface area (Å²) < 4.78 is 5.51. The SMILES string of the molecule is CCCNC(=NCC(OC)c1ccccc1)NCC.I. The third kappa shape index (κ3) is 7.09. The van der Waals surface area contributed by atoms with E-state index in [0.29, 0.717) is 6.54 Å². The van der Waals surface area contributed by atoms with Crippen LogP contribution in [0.25, 0.3) is 0 Å². The van der Waals surface area contributed by atoms with Crippen molar-refractivity contribution in [3.63, 3.8) is 0 Å². The van der Waals surface area contributed by atoms with E-state index in [0.717, 1.165) is 31.0 Å². The molecule has 0 aliphatic heterocycles. The second-order valence-electron chi connectivity index (χ2n) is 4.28. The highest BCUT2D eigenvalue weighted by molar-refractivity contribution is 14.0. The first kappa shape index (κ1) is 19.2. The Morgan fingerprint density at radius 2 is 1.90 bits per heavy atom. The monoisotopic (exact) mass is 391 g/mol. The Morgan fingerprint density at radius 1 is 1.20 bits per heavy atom. The van der Waals surface area contributed by atoms with Gasteiger partial charge in [0.2, 0.25) is 0 Å². The molecule has 0 saturated carbocycles. The zero-order chi connectivity index (χ0) is 13.9. The lowest BCUT2D eigenvalue weighted by Crippen LogP contribution is -2.38. The molecule has 20 heavy (non-hydrogen) atoms. The van der Waals surface area contributed by atoms with E-state index in [1.165, 1.54) is 0 Å². The van der Waals surface area contributed by atoms with Gasteiger partial charge in [-0.05, 0) is 18.9 Å². The lowest BCUT2D eigenvalue weighted by atomic mass is 10.1. The molecule has 1 rings (SSSR count). The maximum atomic E-state index is 5.51. The molecule has 0 spiro atoms. The Bertz CT molecular complexity index is 371.